The molecule has 0 aliphatic heterocycles. The lowest BCUT2D eigenvalue weighted by molar-refractivity contribution is -0.141. The van der Waals surface area contributed by atoms with E-state index in [2.05, 4.69) is 10.3 Å². The van der Waals surface area contributed by atoms with Crippen LogP contribution in [0.1, 0.15) is 11.3 Å². The molecular weight excluding hydrogens is 181 g/mol. The SMILES string of the molecule is CNCc1ccc(C(F)(F)F)nc1. The third kappa shape index (κ3) is 2.69. The Morgan fingerprint density at radius 3 is 2.46 bits per heavy atom. The summed E-state index contributed by atoms with van der Waals surface area (Å²) in [4.78, 5) is 3.30. The van der Waals surface area contributed by atoms with Crippen molar-refractivity contribution in [2.24, 2.45) is 0 Å². The topological polar surface area (TPSA) is 24.9 Å². The molecule has 1 N–H and O–H groups in total. The van der Waals surface area contributed by atoms with Crippen LogP contribution < -0.4 is 5.32 Å². The van der Waals surface area contributed by atoms with Gasteiger partial charge >= 0.3 is 6.18 Å². The summed E-state index contributed by atoms with van der Waals surface area (Å²) in [6.45, 7) is 0.519. The predicted octanol–water partition coefficient (Wildman–Crippen LogP) is 1.82. The molecular formula is C8H9F3N2. The summed E-state index contributed by atoms with van der Waals surface area (Å²) in [6.07, 6.45) is -3.13. The molecule has 0 saturated carbocycles. The highest BCUT2D eigenvalue weighted by Gasteiger charge is 2.31. The van der Waals surface area contributed by atoms with Crippen molar-refractivity contribution in [3.8, 4) is 0 Å². The molecule has 0 aliphatic carbocycles. The highest BCUT2D eigenvalue weighted by molar-refractivity contribution is 5.15. The van der Waals surface area contributed by atoms with Crippen molar-refractivity contribution in [1.29, 1.82) is 0 Å². The molecule has 1 heterocycles. The van der Waals surface area contributed by atoms with Crippen LogP contribution in [0.4, 0.5) is 13.2 Å². The van der Waals surface area contributed by atoms with E-state index in [9.17, 15) is 13.2 Å². The van der Waals surface area contributed by atoms with Crippen LogP contribution in [-0.4, -0.2) is 12.0 Å². The van der Waals surface area contributed by atoms with Gasteiger partial charge in [0.2, 0.25) is 0 Å². The van der Waals surface area contributed by atoms with Gasteiger partial charge in [0.05, 0.1) is 0 Å². The summed E-state index contributed by atoms with van der Waals surface area (Å²) in [5.74, 6) is 0. The molecule has 0 radical (unpaired) electrons. The van der Waals surface area contributed by atoms with Crippen molar-refractivity contribution in [3.05, 3.63) is 29.6 Å². The zero-order chi connectivity index (χ0) is 9.90. The molecule has 0 spiro atoms. The van der Waals surface area contributed by atoms with E-state index in [1.807, 2.05) is 0 Å². The Morgan fingerprint density at radius 1 is 1.38 bits per heavy atom. The molecule has 0 fully saturated rings. The van der Waals surface area contributed by atoms with E-state index >= 15 is 0 Å². The van der Waals surface area contributed by atoms with E-state index in [1.165, 1.54) is 12.3 Å². The zero-order valence-electron chi connectivity index (χ0n) is 7.02. The molecule has 1 rings (SSSR count). The predicted molar refractivity (Wildman–Crippen MR) is 42.0 cm³/mol. The maximum Gasteiger partial charge on any atom is 0.433 e. The van der Waals surface area contributed by atoms with Crippen molar-refractivity contribution in [3.63, 3.8) is 0 Å². The van der Waals surface area contributed by atoms with Gasteiger partial charge in [0.25, 0.3) is 0 Å². The first kappa shape index (κ1) is 9.98. The summed E-state index contributed by atoms with van der Waals surface area (Å²) in [5.41, 5.74) is -0.122. The average molecular weight is 190 g/mol. The van der Waals surface area contributed by atoms with Crippen LogP contribution in [0.25, 0.3) is 0 Å². The lowest BCUT2D eigenvalue weighted by Crippen LogP contribution is -2.10. The van der Waals surface area contributed by atoms with Crippen LogP contribution in [0.15, 0.2) is 18.3 Å². The molecule has 0 bridgehead atoms. The van der Waals surface area contributed by atoms with Crippen molar-refractivity contribution < 1.29 is 13.2 Å². The van der Waals surface area contributed by atoms with Gasteiger partial charge in [0.1, 0.15) is 5.69 Å². The van der Waals surface area contributed by atoms with E-state index in [0.717, 1.165) is 11.6 Å². The second-order valence-corrected chi connectivity index (χ2v) is 2.58. The molecule has 0 saturated heterocycles. The molecule has 1 aromatic heterocycles. The molecule has 13 heavy (non-hydrogen) atoms. The first-order chi connectivity index (χ1) is 6.04. The second kappa shape index (κ2) is 3.74. The lowest BCUT2D eigenvalue weighted by Gasteiger charge is -2.05. The summed E-state index contributed by atoms with van der Waals surface area (Å²) in [6, 6.07) is 2.39. The van der Waals surface area contributed by atoms with Gasteiger partial charge in [0.15, 0.2) is 0 Å². The number of hydrogen-bond donors (Lipinski definition) is 1. The average Bonchev–Trinajstić information content (AvgIpc) is 2.04. The van der Waals surface area contributed by atoms with E-state index < -0.39 is 11.9 Å². The third-order valence-corrected chi connectivity index (χ3v) is 1.50. The summed E-state index contributed by atoms with van der Waals surface area (Å²) < 4.78 is 36.1. The molecule has 72 valence electrons. The number of hydrogen-bond acceptors (Lipinski definition) is 2. The van der Waals surface area contributed by atoms with Gasteiger partial charge in [-0.3, -0.25) is 4.98 Å². The third-order valence-electron chi connectivity index (χ3n) is 1.50. The van der Waals surface area contributed by atoms with E-state index in [-0.39, 0.29) is 0 Å². The number of rotatable bonds is 2. The van der Waals surface area contributed by atoms with Gasteiger partial charge in [-0.05, 0) is 18.7 Å². The number of halogens is 3. The van der Waals surface area contributed by atoms with Crippen LogP contribution in [0.3, 0.4) is 0 Å². The minimum Gasteiger partial charge on any atom is -0.316 e. The second-order valence-electron chi connectivity index (χ2n) is 2.58. The van der Waals surface area contributed by atoms with Gasteiger partial charge in [-0.15, -0.1) is 0 Å². The standard InChI is InChI=1S/C8H9F3N2/c1-12-4-6-2-3-7(13-5-6)8(9,10)11/h2-3,5,12H,4H2,1H3. The smallest absolute Gasteiger partial charge is 0.316 e. The Labute approximate surface area is 73.8 Å². The first-order valence-electron chi connectivity index (χ1n) is 3.71. The van der Waals surface area contributed by atoms with Gasteiger partial charge in [-0.1, -0.05) is 6.07 Å². The minimum absolute atomic E-state index is 0.519. The monoisotopic (exact) mass is 190 g/mol. The number of nitrogens with zero attached hydrogens (tertiary/aromatic N) is 1. The zero-order valence-corrected chi connectivity index (χ0v) is 7.02. The Balaban J connectivity index is 2.81. The largest absolute Gasteiger partial charge is 0.433 e. The molecule has 0 unspecified atom stereocenters. The first-order valence-corrected chi connectivity index (χ1v) is 3.71. The van der Waals surface area contributed by atoms with Gasteiger partial charge < -0.3 is 5.32 Å². The quantitative estimate of drug-likeness (QED) is 0.769. The summed E-state index contributed by atoms with van der Waals surface area (Å²) in [5, 5.41) is 2.82. The van der Waals surface area contributed by atoms with Crippen molar-refractivity contribution in [1.82, 2.24) is 10.3 Å². The molecule has 0 atom stereocenters. The van der Waals surface area contributed by atoms with E-state index in [1.54, 1.807) is 7.05 Å². The summed E-state index contributed by atoms with van der Waals surface area (Å²) in [7, 11) is 1.72. The van der Waals surface area contributed by atoms with Gasteiger partial charge in [-0.25, -0.2) is 0 Å². The van der Waals surface area contributed by atoms with E-state index in [0.29, 0.717) is 6.54 Å². The summed E-state index contributed by atoms with van der Waals surface area (Å²) >= 11 is 0. The Hall–Kier alpha value is -1.10. The molecule has 0 aromatic carbocycles. The maximum atomic E-state index is 12.0. The molecule has 2 nitrogen and oxygen atoms in total. The number of pyridine rings is 1. The molecule has 1 aromatic rings. The fraction of sp³-hybridized carbons (Fsp3) is 0.375. The molecule has 0 amide bonds. The van der Waals surface area contributed by atoms with Crippen LogP contribution in [0.5, 0.6) is 0 Å². The highest BCUT2D eigenvalue weighted by atomic mass is 19.4. The van der Waals surface area contributed by atoms with Crippen LogP contribution in [0, 0.1) is 0 Å². The fourth-order valence-corrected chi connectivity index (χ4v) is 0.901. The van der Waals surface area contributed by atoms with Crippen molar-refractivity contribution in [2.75, 3.05) is 7.05 Å². The van der Waals surface area contributed by atoms with Crippen molar-refractivity contribution >= 4 is 0 Å². The normalized spacial score (nSPS) is 11.7. The highest BCUT2D eigenvalue weighted by Crippen LogP contribution is 2.26. The Morgan fingerprint density at radius 2 is 2.08 bits per heavy atom. The lowest BCUT2D eigenvalue weighted by atomic mass is 10.2. The minimum atomic E-state index is -4.35. The number of aromatic nitrogens is 1. The Kier molecular flexibility index (Phi) is 2.87. The number of nitrogens with one attached hydrogen (secondary N) is 1. The molecule has 5 heteroatoms. The van der Waals surface area contributed by atoms with Crippen LogP contribution in [0.2, 0.25) is 0 Å². The number of alkyl halides is 3. The van der Waals surface area contributed by atoms with Crippen LogP contribution >= 0.6 is 0 Å². The Bertz CT molecular complexity index is 266. The fourth-order valence-electron chi connectivity index (χ4n) is 0.901. The molecule has 0 aliphatic rings. The van der Waals surface area contributed by atoms with Gasteiger partial charge in [0, 0.05) is 12.7 Å². The van der Waals surface area contributed by atoms with Crippen molar-refractivity contribution in [2.45, 2.75) is 12.7 Å². The van der Waals surface area contributed by atoms with E-state index in [4.69, 9.17) is 0 Å². The van der Waals surface area contributed by atoms with Crippen LogP contribution in [-0.2, 0) is 12.7 Å². The van der Waals surface area contributed by atoms with Gasteiger partial charge in [-0.2, -0.15) is 13.2 Å². The maximum absolute atomic E-state index is 12.0.